The molecule has 6 heteroatoms. The Kier molecular flexibility index (Phi) is 3.87. The van der Waals surface area contributed by atoms with E-state index in [1.165, 1.54) is 0 Å². The third-order valence-electron chi connectivity index (χ3n) is 3.65. The van der Waals surface area contributed by atoms with Crippen molar-refractivity contribution in [3.63, 3.8) is 0 Å². The number of aliphatic carboxylic acids is 1. The Hall–Kier alpha value is -1.30. The minimum absolute atomic E-state index is 0.218. The first-order valence-electron chi connectivity index (χ1n) is 6.38. The number of carboxylic acid groups (broad SMARTS) is 2. The molecule has 1 aliphatic heterocycles. The lowest BCUT2D eigenvalue weighted by atomic mass is 9.66. The van der Waals surface area contributed by atoms with Crippen LogP contribution in [0.15, 0.2) is 0 Å². The highest BCUT2D eigenvalue weighted by atomic mass is 16.4. The zero-order valence-corrected chi connectivity index (χ0v) is 12.4. The molecule has 0 bridgehead atoms. The van der Waals surface area contributed by atoms with Crippen molar-refractivity contribution in [3.05, 3.63) is 0 Å². The molecule has 0 spiro atoms. The molecule has 19 heavy (non-hydrogen) atoms. The standard InChI is InChI=1S/C13H24N2O4/c1-12(2,3)7-8(10(16)17)15(11(18)19)14-9(7)13(4,5)6/h7-9,14H,1-6H3,(H,16,17)(H,18,19). The highest BCUT2D eigenvalue weighted by Gasteiger charge is 2.55. The van der Waals surface area contributed by atoms with Gasteiger partial charge in [0, 0.05) is 12.0 Å². The molecule has 0 saturated carbocycles. The van der Waals surface area contributed by atoms with Gasteiger partial charge in [0.1, 0.15) is 0 Å². The van der Waals surface area contributed by atoms with Crippen molar-refractivity contribution in [1.29, 1.82) is 0 Å². The average Bonchev–Trinajstić information content (AvgIpc) is 2.55. The molecule has 1 heterocycles. The summed E-state index contributed by atoms with van der Waals surface area (Å²) in [5.74, 6) is -1.41. The summed E-state index contributed by atoms with van der Waals surface area (Å²) < 4.78 is 0. The molecule has 1 amide bonds. The van der Waals surface area contributed by atoms with E-state index < -0.39 is 18.1 Å². The summed E-state index contributed by atoms with van der Waals surface area (Å²) in [6.07, 6.45) is -1.26. The van der Waals surface area contributed by atoms with Gasteiger partial charge < -0.3 is 10.2 Å². The Balaban J connectivity index is 3.30. The molecule has 6 nitrogen and oxygen atoms in total. The Morgan fingerprint density at radius 1 is 1.00 bits per heavy atom. The fraction of sp³-hybridized carbons (Fsp3) is 0.846. The molecule has 0 aliphatic carbocycles. The first-order chi connectivity index (χ1) is 8.37. The third-order valence-corrected chi connectivity index (χ3v) is 3.65. The second-order valence-electron chi connectivity index (χ2n) is 7.30. The molecule has 3 N–H and O–H groups in total. The number of carbonyl (C=O) groups is 2. The lowest BCUT2D eigenvalue weighted by molar-refractivity contribution is -0.144. The van der Waals surface area contributed by atoms with Gasteiger partial charge in [-0.2, -0.15) is 0 Å². The highest BCUT2D eigenvalue weighted by molar-refractivity contribution is 5.80. The first-order valence-corrected chi connectivity index (χ1v) is 6.38. The SMILES string of the molecule is CC(C)(C)C1NN(C(=O)O)C(C(=O)O)C1C(C)(C)C. The van der Waals surface area contributed by atoms with Crippen LogP contribution in [0.4, 0.5) is 4.79 Å². The number of nitrogens with zero attached hydrogens (tertiary/aromatic N) is 1. The smallest absolute Gasteiger partial charge is 0.422 e. The number of hydrogen-bond donors (Lipinski definition) is 3. The van der Waals surface area contributed by atoms with Gasteiger partial charge in [-0.25, -0.2) is 20.0 Å². The number of carboxylic acids is 1. The molecule has 3 unspecified atom stereocenters. The van der Waals surface area contributed by atoms with Gasteiger partial charge in [-0.05, 0) is 10.8 Å². The van der Waals surface area contributed by atoms with Crippen molar-refractivity contribution in [2.75, 3.05) is 0 Å². The van der Waals surface area contributed by atoms with Gasteiger partial charge in [0.15, 0.2) is 6.04 Å². The van der Waals surface area contributed by atoms with E-state index in [-0.39, 0.29) is 22.8 Å². The zero-order chi connectivity index (χ0) is 15.2. The molecule has 0 radical (unpaired) electrons. The van der Waals surface area contributed by atoms with Gasteiger partial charge in [0.25, 0.3) is 0 Å². The van der Waals surface area contributed by atoms with Gasteiger partial charge in [0.2, 0.25) is 0 Å². The molecule has 1 fully saturated rings. The fourth-order valence-corrected chi connectivity index (χ4v) is 2.80. The van der Waals surface area contributed by atoms with Crippen LogP contribution in [0.2, 0.25) is 0 Å². The molecule has 1 rings (SSSR count). The number of amides is 1. The van der Waals surface area contributed by atoms with Crippen LogP contribution < -0.4 is 5.43 Å². The Morgan fingerprint density at radius 3 is 1.74 bits per heavy atom. The summed E-state index contributed by atoms with van der Waals surface area (Å²) in [5, 5.41) is 19.4. The Labute approximate surface area is 113 Å². The van der Waals surface area contributed by atoms with Crippen molar-refractivity contribution in [2.24, 2.45) is 16.7 Å². The maximum atomic E-state index is 11.5. The zero-order valence-electron chi connectivity index (χ0n) is 12.4. The Bertz CT molecular complexity index is 381. The maximum absolute atomic E-state index is 11.5. The number of rotatable bonds is 1. The van der Waals surface area contributed by atoms with E-state index in [1.807, 2.05) is 41.5 Å². The van der Waals surface area contributed by atoms with E-state index in [0.29, 0.717) is 0 Å². The topological polar surface area (TPSA) is 89.9 Å². The molecular weight excluding hydrogens is 248 g/mol. The lowest BCUT2D eigenvalue weighted by Crippen LogP contribution is -2.48. The largest absolute Gasteiger partial charge is 0.480 e. The van der Waals surface area contributed by atoms with Crippen LogP contribution in [0.3, 0.4) is 0 Å². The van der Waals surface area contributed by atoms with Crippen molar-refractivity contribution in [2.45, 2.75) is 53.6 Å². The molecule has 3 atom stereocenters. The van der Waals surface area contributed by atoms with Gasteiger partial charge in [-0.15, -0.1) is 0 Å². The highest BCUT2D eigenvalue weighted by Crippen LogP contribution is 2.43. The van der Waals surface area contributed by atoms with E-state index in [2.05, 4.69) is 5.43 Å². The van der Waals surface area contributed by atoms with E-state index in [1.54, 1.807) is 0 Å². The predicted molar refractivity (Wildman–Crippen MR) is 70.6 cm³/mol. The molecule has 0 aromatic carbocycles. The first kappa shape index (κ1) is 15.8. The van der Waals surface area contributed by atoms with Gasteiger partial charge in [-0.3, -0.25) is 0 Å². The second-order valence-corrected chi connectivity index (χ2v) is 7.30. The molecular formula is C13H24N2O4. The quantitative estimate of drug-likeness (QED) is 0.679. The molecule has 110 valence electrons. The second kappa shape index (κ2) is 4.67. The van der Waals surface area contributed by atoms with Crippen LogP contribution in [0.5, 0.6) is 0 Å². The summed E-state index contributed by atoms with van der Waals surface area (Å²) in [6.45, 7) is 11.8. The van der Waals surface area contributed by atoms with Crippen LogP contribution in [-0.2, 0) is 4.79 Å². The molecule has 1 saturated heterocycles. The van der Waals surface area contributed by atoms with Gasteiger partial charge >= 0.3 is 12.1 Å². The fourth-order valence-electron chi connectivity index (χ4n) is 2.80. The summed E-state index contributed by atoms with van der Waals surface area (Å²) in [4.78, 5) is 22.8. The Morgan fingerprint density at radius 2 is 1.47 bits per heavy atom. The van der Waals surface area contributed by atoms with E-state index in [4.69, 9.17) is 0 Å². The van der Waals surface area contributed by atoms with Crippen LogP contribution in [0.1, 0.15) is 41.5 Å². The predicted octanol–water partition coefficient (Wildman–Crippen LogP) is 2.01. The average molecular weight is 272 g/mol. The van der Waals surface area contributed by atoms with Crippen LogP contribution in [0, 0.1) is 16.7 Å². The molecule has 1 aliphatic rings. The van der Waals surface area contributed by atoms with Crippen molar-refractivity contribution < 1.29 is 19.8 Å². The van der Waals surface area contributed by atoms with E-state index in [9.17, 15) is 19.8 Å². The molecule has 0 aromatic rings. The van der Waals surface area contributed by atoms with Crippen molar-refractivity contribution >= 4 is 12.1 Å². The summed E-state index contributed by atoms with van der Waals surface area (Å²) >= 11 is 0. The van der Waals surface area contributed by atoms with Crippen molar-refractivity contribution in [3.8, 4) is 0 Å². The maximum Gasteiger partial charge on any atom is 0.422 e. The van der Waals surface area contributed by atoms with Crippen molar-refractivity contribution in [1.82, 2.24) is 10.4 Å². The number of hydrogen-bond acceptors (Lipinski definition) is 3. The van der Waals surface area contributed by atoms with Gasteiger partial charge in [0.05, 0.1) is 0 Å². The third kappa shape index (κ3) is 3.00. The van der Waals surface area contributed by atoms with E-state index >= 15 is 0 Å². The van der Waals surface area contributed by atoms with Crippen LogP contribution in [0.25, 0.3) is 0 Å². The van der Waals surface area contributed by atoms with Crippen LogP contribution in [-0.4, -0.2) is 39.4 Å². The minimum Gasteiger partial charge on any atom is -0.480 e. The monoisotopic (exact) mass is 272 g/mol. The van der Waals surface area contributed by atoms with Crippen LogP contribution >= 0.6 is 0 Å². The summed E-state index contributed by atoms with van der Waals surface area (Å²) in [6, 6.07) is -1.29. The lowest BCUT2D eigenvalue weighted by Gasteiger charge is -2.39. The van der Waals surface area contributed by atoms with Gasteiger partial charge in [-0.1, -0.05) is 41.5 Å². The number of nitrogens with one attached hydrogen (secondary N) is 1. The van der Waals surface area contributed by atoms with E-state index in [0.717, 1.165) is 5.01 Å². The normalized spacial score (nSPS) is 28.5. The molecule has 0 aromatic heterocycles. The summed E-state index contributed by atoms with van der Waals surface area (Å²) in [7, 11) is 0. The minimum atomic E-state index is -1.26. The summed E-state index contributed by atoms with van der Waals surface area (Å²) in [5.41, 5.74) is 2.31. The number of hydrazine groups is 1.